The fourth-order valence-corrected chi connectivity index (χ4v) is 1.62. The first-order chi connectivity index (χ1) is 8.66. The summed E-state index contributed by atoms with van der Waals surface area (Å²) in [7, 11) is 0. The Morgan fingerprint density at radius 1 is 1.50 bits per heavy atom. The standard InChI is InChI=1S/C12H14N4O2/c13-11-7-9(1-2-10(11)12(17)18)15-4-6-16-5-3-14-8-16/h1-3,5,7-8,15H,4,6,13H2,(H,17,18). The normalized spacial score (nSPS) is 10.2. The first-order valence-corrected chi connectivity index (χ1v) is 5.49. The average Bonchev–Trinajstić information content (AvgIpc) is 2.81. The van der Waals surface area contributed by atoms with Crippen LogP contribution in [-0.2, 0) is 6.54 Å². The van der Waals surface area contributed by atoms with Crippen molar-refractivity contribution in [1.82, 2.24) is 9.55 Å². The van der Waals surface area contributed by atoms with Crippen LogP contribution in [0.15, 0.2) is 36.9 Å². The SMILES string of the molecule is Nc1cc(NCCn2ccnc2)ccc1C(=O)O. The summed E-state index contributed by atoms with van der Waals surface area (Å²) in [5, 5.41) is 12.0. The van der Waals surface area contributed by atoms with Crippen molar-refractivity contribution < 1.29 is 9.90 Å². The number of nitrogens with one attached hydrogen (secondary N) is 1. The van der Waals surface area contributed by atoms with Crippen LogP contribution < -0.4 is 11.1 Å². The van der Waals surface area contributed by atoms with Crippen LogP contribution in [0.25, 0.3) is 0 Å². The van der Waals surface area contributed by atoms with Crippen LogP contribution in [0.2, 0.25) is 0 Å². The molecule has 0 atom stereocenters. The van der Waals surface area contributed by atoms with Gasteiger partial charge in [0.25, 0.3) is 0 Å². The molecule has 0 saturated heterocycles. The zero-order valence-corrected chi connectivity index (χ0v) is 9.71. The van der Waals surface area contributed by atoms with Gasteiger partial charge in [-0.15, -0.1) is 0 Å². The highest BCUT2D eigenvalue weighted by molar-refractivity contribution is 5.94. The molecule has 0 saturated carbocycles. The van der Waals surface area contributed by atoms with Gasteiger partial charge in [0.2, 0.25) is 0 Å². The topological polar surface area (TPSA) is 93.2 Å². The van der Waals surface area contributed by atoms with Gasteiger partial charge in [-0.1, -0.05) is 0 Å². The third-order valence-electron chi connectivity index (χ3n) is 2.54. The van der Waals surface area contributed by atoms with Crippen molar-refractivity contribution >= 4 is 17.3 Å². The molecule has 0 aliphatic rings. The minimum Gasteiger partial charge on any atom is -0.478 e. The van der Waals surface area contributed by atoms with Crippen molar-refractivity contribution in [2.45, 2.75) is 6.54 Å². The fraction of sp³-hybridized carbons (Fsp3) is 0.167. The number of hydrogen-bond acceptors (Lipinski definition) is 4. The van der Waals surface area contributed by atoms with E-state index in [4.69, 9.17) is 10.8 Å². The van der Waals surface area contributed by atoms with Crippen molar-refractivity contribution in [3.05, 3.63) is 42.5 Å². The molecule has 1 aromatic carbocycles. The van der Waals surface area contributed by atoms with Gasteiger partial charge in [-0.25, -0.2) is 9.78 Å². The Morgan fingerprint density at radius 2 is 2.33 bits per heavy atom. The molecule has 0 radical (unpaired) electrons. The van der Waals surface area contributed by atoms with Crippen LogP contribution in [0.4, 0.5) is 11.4 Å². The Kier molecular flexibility index (Phi) is 3.47. The molecule has 0 unspecified atom stereocenters. The third kappa shape index (κ3) is 2.79. The molecule has 0 bridgehead atoms. The number of hydrogen-bond donors (Lipinski definition) is 3. The predicted octanol–water partition coefficient (Wildman–Crippen LogP) is 1.28. The molecular formula is C12H14N4O2. The van der Waals surface area contributed by atoms with E-state index in [1.807, 2.05) is 10.8 Å². The van der Waals surface area contributed by atoms with Gasteiger partial charge in [0.05, 0.1) is 11.9 Å². The van der Waals surface area contributed by atoms with E-state index in [9.17, 15) is 4.79 Å². The maximum atomic E-state index is 10.8. The van der Waals surface area contributed by atoms with Gasteiger partial charge in [0.1, 0.15) is 0 Å². The second-order valence-electron chi connectivity index (χ2n) is 3.83. The van der Waals surface area contributed by atoms with Gasteiger partial charge in [-0.05, 0) is 18.2 Å². The molecule has 0 amide bonds. The van der Waals surface area contributed by atoms with E-state index in [2.05, 4.69) is 10.3 Å². The van der Waals surface area contributed by atoms with E-state index in [-0.39, 0.29) is 11.3 Å². The van der Waals surface area contributed by atoms with Gasteiger partial charge >= 0.3 is 5.97 Å². The van der Waals surface area contributed by atoms with Crippen LogP contribution in [0, 0.1) is 0 Å². The van der Waals surface area contributed by atoms with E-state index in [0.29, 0.717) is 6.54 Å². The number of nitrogens with zero attached hydrogens (tertiary/aromatic N) is 2. The lowest BCUT2D eigenvalue weighted by molar-refractivity contribution is 0.0698. The molecule has 1 aromatic heterocycles. The maximum absolute atomic E-state index is 10.8. The molecule has 6 heteroatoms. The van der Waals surface area contributed by atoms with Gasteiger partial charge in [-0.2, -0.15) is 0 Å². The number of aromatic nitrogens is 2. The zero-order valence-electron chi connectivity index (χ0n) is 9.71. The summed E-state index contributed by atoms with van der Waals surface area (Å²) in [6, 6.07) is 4.82. The quantitative estimate of drug-likeness (QED) is 0.691. The summed E-state index contributed by atoms with van der Waals surface area (Å²) in [6.45, 7) is 1.49. The number of carbonyl (C=O) groups is 1. The van der Waals surface area contributed by atoms with Crippen LogP contribution in [-0.4, -0.2) is 27.2 Å². The average molecular weight is 246 g/mol. The Balaban J connectivity index is 1.94. The first kappa shape index (κ1) is 12.0. The fourth-order valence-electron chi connectivity index (χ4n) is 1.62. The largest absolute Gasteiger partial charge is 0.478 e. The Bertz CT molecular complexity index is 537. The summed E-state index contributed by atoms with van der Waals surface area (Å²) in [6.07, 6.45) is 5.34. The molecule has 0 aliphatic carbocycles. The van der Waals surface area contributed by atoms with Crippen LogP contribution >= 0.6 is 0 Å². The number of carboxylic acids is 1. The Hall–Kier alpha value is -2.50. The molecule has 18 heavy (non-hydrogen) atoms. The molecule has 4 N–H and O–H groups in total. The highest BCUT2D eigenvalue weighted by Gasteiger charge is 2.07. The number of aromatic carboxylic acids is 1. The smallest absolute Gasteiger partial charge is 0.337 e. The van der Waals surface area contributed by atoms with Crippen molar-refractivity contribution in [2.75, 3.05) is 17.6 Å². The minimum atomic E-state index is -1.02. The van der Waals surface area contributed by atoms with Crippen molar-refractivity contribution in [3.8, 4) is 0 Å². The van der Waals surface area contributed by atoms with E-state index in [0.717, 1.165) is 12.2 Å². The molecule has 2 aromatic rings. The maximum Gasteiger partial charge on any atom is 0.337 e. The number of nitrogen functional groups attached to an aromatic ring is 1. The van der Waals surface area contributed by atoms with E-state index < -0.39 is 5.97 Å². The van der Waals surface area contributed by atoms with E-state index in [1.165, 1.54) is 6.07 Å². The monoisotopic (exact) mass is 246 g/mol. The van der Waals surface area contributed by atoms with Gasteiger partial charge in [0, 0.05) is 36.9 Å². The van der Waals surface area contributed by atoms with Crippen molar-refractivity contribution in [1.29, 1.82) is 0 Å². The third-order valence-corrected chi connectivity index (χ3v) is 2.54. The molecule has 6 nitrogen and oxygen atoms in total. The lowest BCUT2D eigenvalue weighted by atomic mass is 10.1. The molecule has 0 fully saturated rings. The molecule has 2 rings (SSSR count). The van der Waals surface area contributed by atoms with Gasteiger partial charge in [0.15, 0.2) is 0 Å². The lowest BCUT2D eigenvalue weighted by Gasteiger charge is -2.09. The van der Waals surface area contributed by atoms with Crippen molar-refractivity contribution in [3.63, 3.8) is 0 Å². The second kappa shape index (κ2) is 5.22. The van der Waals surface area contributed by atoms with Crippen LogP contribution in [0.1, 0.15) is 10.4 Å². The van der Waals surface area contributed by atoms with Crippen LogP contribution in [0.3, 0.4) is 0 Å². The van der Waals surface area contributed by atoms with Gasteiger partial charge < -0.3 is 20.7 Å². The number of nitrogens with two attached hydrogens (primary N) is 1. The molecule has 0 spiro atoms. The Morgan fingerprint density at radius 3 is 2.94 bits per heavy atom. The molecule has 94 valence electrons. The highest BCUT2D eigenvalue weighted by atomic mass is 16.4. The Labute approximate surface area is 104 Å². The predicted molar refractivity (Wildman–Crippen MR) is 68.5 cm³/mol. The van der Waals surface area contributed by atoms with Gasteiger partial charge in [-0.3, -0.25) is 0 Å². The summed E-state index contributed by atoms with van der Waals surface area (Å²) in [5.74, 6) is -1.02. The second-order valence-corrected chi connectivity index (χ2v) is 3.83. The summed E-state index contributed by atoms with van der Waals surface area (Å²) < 4.78 is 1.95. The number of benzene rings is 1. The minimum absolute atomic E-state index is 0.121. The van der Waals surface area contributed by atoms with Crippen LogP contribution in [0.5, 0.6) is 0 Å². The van der Waals surface area contributed by atoms with Crippen molar-refractivity contribution in [2.24, 2.45) is 0 Å². The number of carboxylic acid groups (broad SMARTS) is 1. The lowest BCUT2D eigenvalue weighted by Crippen LogP contribution is -2.10. The highest BCUT2D eigenvalue weighted by Crippen LogP contribution is 2.17. The summed E-state index contributed by atoms with van der Waals surface area (Å²) in [5.41, 5.74) is 6.84. The first-order valence-electron chi connectivity index (χ1n) is 5.49. The molecular weight excluding hydrogens is 232 g/mol. The summed E-state index contributed by atoms with van der Waals surface area (Å²) in [4.78, 5) is 14.7. The number of anilines is 2. The van der Waals surface area contributed by atoms with E-state index in [1.54, 1.807) is 24.7 Å². The van der Waals surface area contributed by atoms with E-state index >= 15 is 0 Å². The number of rotatable bonds is 5. The molecule has 1 heterocycles. The molecule has 0 aliphatic heterocycles. The number of imidazole rings is 1. The summed E-state index contributed by atoms with van der Waals surface area (Å²) >= 11 is 0. The zero-order chi connectivity index (χ0) is 13.0.